The monoisotopic (exact) mass is 131 g/mol. The molecule has 0 aromatic heterocycles. The summed E-state index contributed by atoms with van der Waals surface area (Å²) in [5, 5.41) is 12.4. The van der Waals surface area contributed by atoms with Gasteiger partial charge in [0.15, 0.2) is 0 Å². The number of aliphatic hydroxyl groups is 1. The molecule has 0 bridgehead atoms. The second kappa shape index (κ2) is 2.64. The van der Waals surface area contributed by atoms with Gasteiger partial charge in [0.25, 0.3) is 0 Å². The van der Waals surface area contributed by atoms with Crippen LogP contribution in [-0.2, 0) is 4.74 Å². The number of β-amino-alcohol motifs (C(OH)–C–C–N with tert-alkyl or cyclic N) is 1. The molecule has 1 fully saturated rings. The molecule has 0 aromatic carbocycles. The summed E-state index contributed by atoms with van der Waals surface area (Å²) in [6.45, 7) is 4.39. The number of hydrogen-bond acceptors (Lipinski definition) is 3. The fraction of sp³-hybridized carbons (Fsp3) is 1.00. The van der Waals surface area contributed by atoms with Crippen molar-refractivity contribution in [2.24, 2.45) is 0 Å². The first-order chi connectivity index (χ1) is 4.21. The summed E-state index contributed by atoms with van der Waals surface area (Å²) < 4.78 is 5.10. The topological polar surface area (TPSA) is 41.5 Å². The number of ether oxygens (including phenoxy) is 1. The highest BCUT2D eigenvalue weighted by Gasteiger charge is 2.21. The molecule has 3 heteroatoms. The van der Waals surface area contributed by atoms with Crippen LogP contribution in [0.2, 0.25) is 0 Å². The van der Waals surface area contributed by atoms with Gasteiger partial charge >= 0.3 is 0 Å². The summed E-state index contributed by atoms with van der Waals surface area (Å²) in [5.74, 6) is 0. The van der Waals surface area contributed by atoms with E-state index in [0.29, 0.717) is 19.8 Å². The molecular weight excluding hydrogens is 118 g/mol. The van der Waals surface area contributed by atoms with Gasteiger partial charge in [0, 0.05) is 13.1 Å². The third-order valence-electron chi connectivity index (χ3n) is 1.34. The van der Waals surface area contributed by atoms with Crippen LogP contribution in [0.3, 0.4) is 0 Å². The smallest absolute Gasteiger partial charge is 0.0975 e. The first-order valence-electron chi connectivity index (χ1n) is 3.22. The Morgan fingerprint density at radius 1 is 1.67 bits per heavy atom. The summed E-state index contributed by atoms with van der Waals surface area (Å²) in [6, 6.07) is 0. The Kier molecular flexibility index (Phi) is 2.05. The Labute approximate surface area is 55.0 Å². The van der Waals surface area contributed by atoms with Crippen molar-refractivity contribution in [2.45, 2.75) is 12.5 Å². The highest BCUT2D eigenvalue weighted by molar-refractivity contribution is 4.76. The Balaban J connectivity index is 2.36. The van der Waals surface area contributed by atoms with Crippen LogP contribution in [0.1, 0.15) is 6.92 Å². The minimum absolute atomic E-state index is 0.444. The Hall–Kier alpha value is -0.120. The molecule has 3 nitrogen and oxygen atoms in total. The molecule has 2 N–H and O–H groups in total. The van der Waals surface area contributed by atoms with Crippen LogP contribution in [0.4, 0.5) is 0 Å². The maximum atomic E-state index is 9.37. The Bertz CT molecular complexity index is 83.1. The lowest BCUT2D eigenvalue weighted by molar-refractivity contribution is -0.0136. The maximum absolute atomic E-state index is 9.37. The molecular formula is C6H13NO2. The zero-order valence-electron chi connectivity index (χ0n) is 5.68. The second-order valence-corrected chi connectivity index (χ2v) is 2.73. The van der Waals surface area contributed by atoms with Crippen LogP contribution in [0, 0.1) is 0 Å². The maximum Gasteiger partial charge on any atom is 0.0975 e. The normalized spacial score (nSPS) is 38.0. The van der Waals surface area contributed by atoms with E-state index < -0.39 is 5.60 Å². The first-order valence-corrected chi connectivity index (χ1v) is 3.22. The SMILES string of the molecule is C[C@]1(O)CNCCOC1. The molecule has 1 aliphatic heterocycles. The van der Waals surface area contributed by atoms with Crippen molar-refractivity contribution in [1.29, 1.82) is 0 Å². The third-order valence-corrected chi connectivity index (χ3v) is 1.34. The molecule has 9 heavy (non-hydrogen) atoms. The van der Waals surface area contributed by atoms with Crippen molar-refractivity contribution in [3.8, 4) is 0 Å². The molecule has 1 atom stereocenters. The fourth-order valence-electron chi connectivity index (χ4n) is 0.845. The van der Waals surface area contributed by atoms with E-state index in [2.05, 4.69) is 5.32 Å². The van der Waals surface area contributed by atoms with Crippen molar-refractivity contribution in [2.75, 3.05) is 26.3 Å². The van der Waals surface area contributed by atoms with Crippen molar-refractivity contribution in [1.82, 2.24) is 5.32 Å². The van der Waals surface area contributed by atoms with Gasteiger partial charge in [-0.15, -0.1) is 0 Å². The average Bonchev–Trinajstić information content (AvgIpc) is 1.92. The molecule has 1 rings (SSSR count). The van der Waals surface area contributed by atoms with Gasteiger partial charge in [-0.1, -0.05) is 0 Å². The van der Waals surface area contributed by atoms with E-state index in [-0.39, 0.29) is 0 Å². The minimum atomic E-state index is -0.670. The van der Waals surface area contributed by atoms with Crippen LogP contribution < -0.4 is 5.32 Å². The van der Waals surface area contributed by atoms with E-state index in [9.17, 15) is 5.11 Å². The van der Waals surface area contributed by atoms with Crippen molar-refractivity contribution in [3.05, 3.63) is 0 Å². The van der Waals surface area contributed by atoms with E-state index in [1.807, 2.05) is 0 Å². The van der Waals surface area contributed by atoms with Crippen LogP contribution in [0.15, 0.2) is 0 Å². The molecule has 1 aliphatic rings. The summed E-state index contributed by atoms with van der Waals surface area (Å²) >= 11 is 0. The number of hydrogen-bond donors (Lipinski definition) is 2. The number of rotatable bonds is 0. The molecule has 0 aromatic rings. The summed E-state index contributed by atoms with van der Waals surface area (Å²) in [7, 11) is 0. The lowest BCUT2D eigenvalue weighted by Crippen LogP contribution is -2.38. The van der Waals surface area contributed by atoms with Gasteiger partial charge in [-0.2, -0.15) is 0 Å². The zero-order chi connectivity index (χ0) is 6.74. The second-order valence-electron chi connectivity index (χ2n) is 2.73. The Morgan fingerprint density at radius 2 is 2.44 bits per heavy atom. The van der Waals surface area contributed by atoms with E-state index in [1.54, 1.807) is 6.92 Å². The van der Waals surface area contributed by atoms with Gasteiger partial charge in [0.1, 0.15) is 0 Å². The quantitative estimate of drug-likeness (QED) is 0.459. The largest absolute Gasteiger partial charge is 0.386 e. The van der Waals surface area contributed by atoms with Crippen LogP contribution in [0.25, 0.3) is 0 Å². The Morgan fingerprint density at radius 3 is 3.22 bits per heavy atom. The van der Waals surface area contributed by atoms with Gasteiger partial charge in [-0.25, -0.2) is 0 Å². The highest BCUT2D eigenvalue weighted by Crippen LogP contribution is 2.03. The molecule has 0 radical (unpaired) electrons. The van der Waals surface area contributed by atoms with Gasteiger partial charge in [0.2, 0.25) is 0 Å². The lowest BCUT2D eigenvalue weighted by atomic mass is 10.1. The predicted octanol–water partition coefficient (Wildman–Crippen LogP) is -0.643. The average molecular weight is 131 g/mol. The summed E-state index contributed by atoms with van der Waals surface area (Å²) in [5.41, 5.74) is -0.670. The molecule has 1 heterocycles. The molecule has 0 unspecified atom stereocenters. The third kappa shape index (κ3) is 2.30. The first kappa shape index (κ1) is 6.99. The van der Waals surface area contributed by atoms with E-state index >= 15 is 0 Å². The van der Waals surface area contributed by atoms with Gasteiger partial charge in [0.05, 0.1) is 18.8 Å². The number of nitrogens with one attached hydrogen (secondary N) is 1. The highest BCUT2D eigenvalue weighted by atomic mass is 16.5. The minimum Gasteiger partial charge on any atom is -0.386 e. The van der Waals surface area contributed by atoms with E-state index in [4.69, 9.17) is 4.74 Å². The van der Waals surface area contributed by atoms with E-state index in [0.717, 1.165) is 6.54 Å². The molecule has 0 aliphatic carbocycles. The molecule has 54 valence electrons. The molecule has 0 amide bonds. The predicted molar refractivity (Wildman–Crippen MR) is 34.3 cm³/mol. The van der Waals surface area contributed by atoms with Crippen LogP contribution in [-0.4, -0.2) is 37.0 Å². The van der Waals surface area contributed by atoms with Crippen molar-refractivity contribution >= 4 is 0 Å². The fourth-order valence-corrected chi connectivity index (χ4v) is 0.845. The molecule has 1 saturated heterocycles. The van der Waals surface area contributed by atoms with Crippen molar-refractivity contribution in [3.63, 3.8) is 0 Å². The summed E-state index contributed by atoms with van der Waals surface area (Å²) in [4.78, 5) is 0. The van der Waals surface area contributed by atoms with Gasteiger partial charge in [-0.05, 0) is 6.92 Å². The van der Waals surface area contributed by atoms with Crippen LogP contribution >= 0.6 is 0 Å². The van der Waals surface area contributed by atoms with Gasteiger partial charge in [-0.3, -0.25) is 0 Å². The molecule has 0 spiro atoms. The standard InChI is InChI=1S/C6H13NO2/c1-6(8)4-7-2-3-9-5-6/h7-8H,2-5H2,1H3/t6-/m0/s1. The van der Waals surface area contributed by atoms with Gasteiger partial charge < -0.3 is 15.2 Å². The zero-order valence-corrected chi connectivity index (χ0v) is 5.68. The van der Waals surface area contributed by atoms with Crippen LogP contribution in [0.5, 0.6) is 0 Å². The van der Waals surface area contributed by atoms with E-state index in [1.165, 1.54) is 0 Å². The summed E-state index contributed by atoms with van der Waals surface area (Å²) in [6.07, 6.45) is 0. The molecule has 0 saturated carbocycles. The van der Waals surface area contributed by atoms with Crippen molar-refractivity contribution < 1.29 is 9.84 Å². The lowest BCUT2D eigenvalue weighted by Gasteiger charge is -2.18.